The third kappa shape index (κ3) is 3.82. The highest BCUT2D eigenvalue weighted by molar-refractivity contribution is 4.96. The molecular formula is C13H24N4. The van der Waals surface area contributed by atoms with Crippen molar-refractivity contribution in [2.24, 2.45) is 5.92 Å². The molecule has 0 atom stereocenters. The summed E-state index contributed by atoms with van der Waals surface area (Å²) in [4.78, 5) is 6.84. The lowest BCUT2D eigenvalue weighted by molar-refractivity contribution is 0.205. The van der Waals surface area contributed by atoms with Gasteiger partial charge in [-0.25, -0.2) is 4.98 Å². The highest BCUT2D eigenvalue weighted by atomic mass is 15.1. The first-order chi connectivity index (χ1) is 8.28. The zero-order valence-corrected chi connectivity index (χ0v) is 11.0. The first kappa shape index (κ1) is 12.6. The van der Waals surface area contributed by atoms with Gasteiger partial charge in [-0.2, -0.15) is 0 Å². The van der Waals surface area contributed by atoms with E-state index < -0.39 is 0 Å². The van der Waals surface area contributed by atoms with E-state index in [4.69, 9.17) is 0 Å². The molecule has 0 unspecified atom stereocenters. The molecule has 1 aromatic heterocycles. The third-order valence-electron chi connectivity index (χ3n) is 3.55. The van der Waals surface area contributed by atoms with Gasteiger partial charge in [0.05, 0.1) is 12.0 Å². The van der Waals surface area contributed by atoms with E-state index >= 15 is 0 Å². The predicted molar refractivity (Wildman–Crippen MR) is 69.8 cm³/mol. The topological polar surface area (TPSA) is 33.1 Å². The van der Waals surface area contributed by atoms with Crippen molar-refractivity contribution in [3.05, 3.63) is 18.2 Å². The van der Waals surface area contributed by atoms with Crippen LogP contribution in [0.25, 0.3) is 0 Å². The van der Waals surface area contributed by atoms with Gasteiger partial charge in [-0.3, -0.25) is 0 Å². The summed E-state index contributed by atoms with van der Waals surface area (Å²) in [6.45, 7) is 7.62. The van der Waals surface area contributed by atoms with E-state index in [9.17, 15) is 0 Å². The minimum absolute atomic E-state index is 0.826. The second-order valence-electron chi connectivity index (χ2n) is 5.09. The van der Waals surface area contributed by atoms with Crippen LogP contribution in [0.4, 0.5) is 0 Å². The second kappa shape index (κ2) is 6.17. The Morgan fingerprint density at radius 2 is 2.18 bits per heavy atom. The monoisotopic (exact) mass is 236 g/mol. The molecule has 2 heterocycles. The van der Waals surface area contributed by atoms with Gasteiger partial charge >= 0.3 is 0 Å². The van der Waals surface area contributed by atoms with Crippen molar-refractivity contribution in [1.29, 1.82) is 0 Å². The standard InChI is InChI=1S/C13H24N4/c1-3-14-8-13-10-17(11-15-13)9-12-4-6-16(2)7-5-12/h10-12,14H,3-9H2,1-2H3. The molecule has 0 bridgehead atoms. The molecule has 1 saturated heterocycles. The van der Waals surface area contributed by atoms with Crippen LogP contribution >= 0.6 is 0 Å². The molecule has 0 spiro atoms. The number of imidazole rings is 1. The van der Waals surface area contributed by atoms with Crippen LogP contribution in [0.5, 0.6) is 0 Å². The zero-order chi connectivity index (χ0) is 12.1. The van der Waals surface area contributed by atoms with Crippen molar-refractivity contribution >= 4 is 0 Å². The summed E-state index contributed by atoms with van der Waals surface area (Å²) >= 11 is 0. The van der Waals surface area contributed by atoms with E-state index in [1.165, 1.54) is 25.9 Å². The van der Waals surface area contributed by atoms with Crippen LogP contribution in [0, 0.1) is 5.92 Å². The number of hydrogen-bond donors (Lipinski definition) is 1. The molecule has 17 heavy (non-hydrogen) atoms. The Bertz CT molecular complexity index is 326. The molecule has 2 rings (SSSR count). The Balaban J connectivity index is 1.80. The minimum Gasteiger partial charge on any atom is -0.337 e. The fraction of sp³-hybridized carbons (Fsp3) is 0.769. The Kier molecular flexibility index (Phi) is 4.57. The molecule has 4 nitrogen and oxygen atoms in total. The van der Waals surface area contributed by atoms with Crippen LogP contribution in [0.3, 0.4) is 0 Å². The maximum Gasteiger partial charge on any atom is 0.0950 e. The Labute approximate surface area is 104 Å². The highest BCUT2D eigenvalue weighted by Crippen LogP contribution is 2.17. The fourth-order valence-electron chi connectivity index (χ4n) is 2.39. The van der Waals surface area contributed by atoms with Crippen molar-refractivity contribution in [1.82, 2.24) is 19.8 Å². The fourth-order valence-corrected chi connectivity index (χ4v) is 2.39. The normalized spacial score (nSPS) is 18.7. The van der Waals surface area contributed by atoms with Gasteiger partial charge < -0.3 is 14.8 Å². The number of piperidine rings is 1. The number of nitrogens with one attached hydrogen (secondary N) is 1. The van der Waals surface area contributed by atoms with E-state index in [1.807, 2.05) is 6.33 Å². The first-order valence-electron chi connectivity index (χ1n) is 6.68. The van der Waals surface area contributed by atoms with Crippen molar-refractivity contribution < 1.29 is 0 Å². The molecule has 1 aliphatic rings. The second-order valence-corrected chi connectivity index (χ2v) is 5.09. The van der Waals surface area contributed by atoms with Crippen LogP contribution in [0.1, 0.15) is 25.5 Å². The average molecular weight is 236 g/mol. The van der Waals surface area contributed by atoms with E-state index in [0.29, 0.717) is 0 Å². The van der Waals surface area contributed by atoms with Crippen molar-refractivity contribution in [3.8, 4) is 0 Å². The first-order valence-corrected chi connectivity index (χ1v) is 6.68. The smallest absolute Gasteiger partial charge is 0.0950 e. The summed E-state index contributed by atoms with van der Waals surface area (Å²) in [5.41, 5.74) is 1.15. The van der Waals surface area contributed by atoms with Crippen molar-refractivity contribution in [3.63, 3.8) is 0 Å². The van der Waals surface area contributed by atoms with Gasteiger partial charge in [-0.15, -0.1) is 0 Å². The molecule has 1 aliphatic heterocycles. The SMILES string of the molecule is CCNCc1cn(CC2CCN(C)CC2)cn1. The molecule has 1 fully saturated rings. The largest absolute Gasteiger partial charge is 0.337 e. The molecule has 0 radical (unpaired) electrons. The molecule has 0 aromatic carbocycles. The van der Waals surface area contributed by atoms with Crippen LogP contribution < -0.4 is 5.32 Å². The molecule has 0 aliphatic carbocycles. The van der Waals surface area contributed by atoms with Crippen molar-refractivity contribution in [2.45, 2.75) is 32.9 Å². The van der Waals surface area contributed by atoms with E-state index in [2.05, 4.69) is 39.9 Å². The molecular weight excluding hydrogens is 212 g/mol. The van der Waals surface area contributed by atoms with Crippen LogP contribution in [0.15, 0.2) is 12.5 Å². The number of likely N-dealkylation sites (tertiary alicyclic amines) is 1. The summed E-state index contributed by atoms with van der Waals surface area (Å²) in [5.74, 6) is 0.826. The van der Waals surface area contributed by atoms with Gasteiger partial charge in [0.1, 0.15) is 0 Å². The molecule has 96 valence electrons. The van der Waals surface area contributed by atoms with Crippen LogP contribution in [0.2, 0.25) is 0 Å². The molecule has 1 aromatic rings. The van der Waals surface area contributed by atoms with Gasteiger partial charge in [-0.05, 0) is 45.4 Å². The van der Waals surface area contributed by atoms with E-state index in [-0.39, 0.29) is 0 Å². The van der Waals surface area contributed by atoms with E-state index in [1.54, 1.807) is 0 Å². The summed E-state index contributed by atoms with van der Waals surface area (Å²) < 4.78 is 2.25. The molecule has 4 heteroatoms. The summed E-state index contributed by atoms with van der Waals surface area (Å²) in [6, 6.07) is 0. The van der Waals surface area contributed by atoms with Crippen LogP contribution in [-0.4, -0.2) is 41.1 Å². The molecule has 1 N–H and O–H groups in total. The van der Waals surface area contributed by atoms with Gasteiger partial charge in [0.2, 0.25) is 0 Å². The number of hydrogen-bond acceptors (Lipinski definition) is 3. The lowest BCUT2D eigenvalue weighted by Gasteiger charge is -2.28. The predicted octanol–water partition coefficient (Wildman–Crippen LogP) is 1.33. The van der Waals surface area contributed by atoms with Gasteiger partial charge in [-0.1, -0.05) is 6.92 Å². The van der Waals surface area contributed by atoms with Crippen LogP contribution in [-0.2, 0) is 13.1 Å². The Morgan fingerprint density at radius 3 is 2.88 bits per heavy atom. The average Bonchev–Trinajstić information content (AvgIpc) is 2.77. The van der Waals surface area contributed by atoms with Gasteiger partial charge in [0.25, 0.3) is 0 Å². The Hall–Kier alpha value is -0.870. The lowest BCUT2D eigenvalue weighted by Crippen LogP contribution is -2.31. The van der Waals surface area contributed by atoms with Gasteiger partial charge in [0, 0.05) is 19.3 Å². The highest BCUT2D eigenvalue weighted by Gasteiger charge is 2.16. The molecule has 0 amide bonds. The molecule has 0 saturated carbocycles. The minimum atomic E-state index is 0.826. The van der Waals surface area contributed by atoms with E-state index in [0.717, 1.165) is 31.2 Å². The maximum atomic E-state index is 4.42. The summed E-state index contributed by atoms with van der Waals surface area (Å²) in [5, 5.41) is 3.30. The number of rotatable bonds is 5. The number of nitrogens with zero attached hydrogens (tertiary/aromatic N) is 3. The third-order valence-corrected chi connectivity index (χ3v) is 3.55. The van der Waals surface area contributed by atoms with Gasteiger partial charge in [0.15, 0.2) is 0 Å². The maximum absolute atomic E-state index is 4.42. The number of aromatic nitrogens is 2. The summed E-state index contributed by atoms with van der Waals surface area (Å²) in [7, 11) is 2.21. The van der Waals surface area contributed by atoms with Crippen molar-refractivity contribution in [2.75, 3.05) is 26.7 Å². The lowest BCUT2D eigenvalue weighted by atomic mass is 9.97. The quantitative estimate of drug-likeness (QED) is 0.837. The summed E-state index contributed by atoms with van der Waals surface area (Å²) in [6.07, 6.45) is 6.79. The Morgan fingerprint density at radius 1 is 1.41 bits per heavy atom. The zero-order valence-electron chi connectivity index (χ0n) is 11.0.